The smallest absolute Gasteiger partial charge is 0.323 e. The molecule has 9 heteroatoms. The molecule has 0 aliphatic carbocycles. The van der Waals surface area contributed by atoms with E-state index in [2.05, 4.69) is 10.6 Å². The van der Waals surface area contributed by atoms with E-state index in [0.717, 1.165) is 6.42 Å². The van der Waals surface area contributed by atoms with Gasteiger partial charge in [0.1, 0.15) is 6.04 Å². The summed E-state index contributed by atoms with van der Waals surface area (Å²) in [5.74, 6) is -0.770. The van der Waals surface area contributed by atoms with Crippen LogP contribution < -0.4 is 15.4 Å². The van der Waals surface area contributed by atoms with Crippen molar-refractivity contribution in [3.8, 4) is 5.75 Å². The molecule has 1 aromatic carbocycles. The van der Waals surface area contributed by atoms with E-state index in [1.807, 2.05) is 13.8 Å². The number of nitro benzene ring substituents is 1. The van der Waals surface area contributed by atoms with Crippen molar-refractivity contribution in [2.45, 2.75) is 33.2 Å². The van der Waals surface area contributed by atoms with Crippen LogP contribution in [0.1, 0.15) is 25.8 Å². The first kappa shape index (κ1) is 21.4. The van der Waals surface area contributed by atoms with Gasteiger partial charge in [0.2, 0.25) is 5.91 Å². The average molecular weight is 367 g/mol. The Morgan fingerprint density at radius 2 is 1.96 bits per heavy atom. The molecule has 0 spiro atoms. The first-order valence-corrected chi connectivity index (χ1v) is 8.19. The number of carbonyl (C=O) groups is 2. The lowest BCUT2D eigenvalue weighted by Crippen LogP contribution is -2.45. The summed E-state index contributed by atoms with van der Waals surface area (Å²) in [6.07, 6.45) is 0.743. The Bertz CT molecular complexity index is 677. The van der Waals surface area contributed by atoms with Gasteiger partial charge in [0.15, 0.2) is 5.75 Å². The van der Waals surface area contributed by atoms with Crippen molar-refractivity contribution in [1.29, 1.82) is 0 Å². The summed E-state index contributed by atoms with van der Waals surface area (Å²) in [6.45, 7) is 5.36. The number of amides is 1. The second-order valence-corrected chi connectivity index (χ2v) is 5.91. The van der Waals surface area contributed by atoms with Crippen molar-refractivity contribution in [1.82, 2.24) is 5.32 Å². The van der Waals surface area contributed by atoms with Crippen LogP contribution in [0, 0.1) is 23.0 Å². The molecular formula is C17H25N3O6. The van der Waals surface area contributed by atoms with Gasteiger partial charge in [0, 0.05) is 17.8 Å². The van der Waals surface area contributed by atoms with E-state index in [9.17, 15) is 19.7 Å². The molecule has 0 fully saturated rings. The summed E-state index contributed by atoms with van der Waals surface area (Å²) in [5.41, 5.74) is 0.748. The zero-order valence-electron chi connectivity index (χ0n) is 15.6. The number of nitro groups is 1. The molecule has 2 atom stereocenters. The molecule has 1 aromatic rings. The van der Waals surface area contributed by atoms with Gasteiger partial charge >= 0.3 is 11.7 Å². The number of hydrogen-bond acceptors (Lipinski definition) is 7. The van der Waals surface area contributed by atoms with Crippen molar-refractivity contribution >= 4 is 23.3 Å². The second-order valence-electron chi connectivity index (χ2n) is 5.91. The van der Waals surface area contributed by atoms with E-state index in [-0.39, 0.29) is 29.8 Å². The first-order chi connectivity index (χ1) is 12.2. The quantitative estimate of drug-likeness (QED) is 0.389. The van der Waals surface area contributed by atoms with Gasteiger partial charge in [-0.3, -0.25) is 25.0 Å². The third-order valence-electron chi connectivity index (χ3n) is 4.15. The number of nitrogens with zero attached hydrogens (tertiary/aromatic N) is 1. The summed E-state index contributed by atoms with van der Waals surface area (Å²) >= 11 is 0. The van der Waals surface area contributed by atoms with Gasteiger partial charge in [0.25, 0.3) is 0 Å². The molecule has 26 heavy (non-hydrogen) atoms. The van der Waals surface area contributed by atoms with Crippen molar-refractivity contribution in [3.63, 3.8) is 0 Å². The van der Waals surface area contributed by atoms with Gasteiger partial charge in [0.05, 0.1) is 25.7 Å². The molecule has 0 bridgehead atoms. The normalized spacial score (nSPS) is 12.8. The molecule has 1 rings (SSSR count). The van der Waals surface area contributed by atoms with E-state index in [0.29, 0.717) is 11.3 Å². The number of benzene rings is 1. The Hall–Kier alpha value is -2.68. The highest BCUT2D eigenvalue weighted by molar-refractivity contribution is 5.94. The molecule has 1 amide bonds. The van der Waals surface area contributed by atoms with Crippen LogP contribution in [0.2, 0.25) is 0 Å². The Balaban J connectivity index is 2.84. The van der Waals surface area contributed by atoms with E-state index in [1.165, 1.54) is 26.4 Å². The molecular weight excluding hydrogens is 342 g/mol. The summed E-state index contributed by atoms with van der Waals surface area (Å²) in [7, 11) is 2.61. The van der Waals surface area contributed by atoms with Gasteiger partial charge in [-0.25, -0.2) is 0 Å². The minimum absolute atomic E-state index is 0.00328. The van der Waals surface area contributed by atoms with Crippen LogP contribution in [0.3, 0.4) is 0 Å². The molecule has 0 aromatic heterocycles. The SMILES string of the molecule is CC[C@H](C)[C@@H](NCC(=O)Nc1cc(OC)c([N+](=O)[O-])cc1C)C(=O)OC. The highest BCUT2D eigenvalue weighted by Crippen LogP contribution is 2.32. The molecule has 2 N–H and O–H groups in total. The maximum atomic E-state index is 12.2. The number of anilines is 1. The Labute approximate surface area is 152 Å². The van der Waals surface area contributed by atoms with Crippen LogP contribution in [-0.4, -0.2) is 43.6 Å². The topological polar surface area (TPSA) is 120 Å². The van der Waals surface area contributed by atoms with Gasteiger partial charge in [-0.2, -0.15) is 0 Å². The van der Waals surface area contributed by atoms with Crippen molar-refractivity contribution in [2.24, 2.45) is 5.92 Å². The lowest BCUT2D eigenvalue weighted by atomic mass is 9.99. The highest BCUT2D eigenvalue weighted by Gasteiger charge is 2.25. The summed E-state index contributed by atoms with van der Waals surface area (Å²) in [5, 5.41) is 16.6. The Kier molecular flexibility index (Phi) is 7.98. The number of nitrogens with one attached hydrogen (secondary N) is 2. The van der Waals surface area contributed by atoms with Gasteiger partial charge in [-0.05, 0) is 18.4 Å². The molecule has 0 unspecified atom stereocenters. The molecule has 0 saturated carbocycles. The molecule has 0 aliphatic rings. The highest BCUT2D eigenvalue weighted by atomic mass is 16.6. The van der Waals surface area contributed by atoms with Gasteiger partial charge in [-0.1, -0.05) is 20.3 Å². The number of rotatable bonds is 9. The minimum Gasteiger partial charge on any atom is -0.490 e. The van der Waals surface area contributed by atoms with Crippen molar-refractivity contribution < 1.29 is 24.0 Å². The predicted octanol–water partition coefficient (Wildman–Crippen LogP) is 2.03. The minimum atomic E-state index is -0.594. The molecule has 0 heterocycles. The molecule has 0 radical (unpaired) electrons. The van der Waals surface area contributed by atoms with Crippen molar-refractivity contribution in [3.05, 3.63) is 27.8 Å². The lowest BCUT2D eigenvalue weighted by molar-refractivity contribution is -0.385. The molecule has 0 saturated heterocycles. The number of esters is 1. The zero-order chi connectivity index (χ0) is 19.9. The largest absolute Gasteiger partial charge is 0.490 e. The molecule has 0 aliphatic heterocycles. The van der Waals surface area contributed by atoms with Crippen LogP contribution in [0.25, 0.3) is 0 Å². The maximum Gasteiger partial charge on any atom is 0.323 e. The van der Waals surface area contributed by atoms with E-state index in [4.69, 9.17) is 9.47 Å². The monoisotopic (exact) mass is 367 g/mol. The lowest BCUT2D eigenvalue weighted by Gasteiger charge is -2.21. The second kappa shape index (κ2) is 9.71. The maximum absolute atomic E-state index is 12.2. The standard InChI is InChI=1S/C17H25N3O6/c1-6-10(2)16(17(22)26-5)18-9-15(21)19-12-8-14(25-4)13(20(23)24)7-11(12)3/h7-8,10,16,18H,6,9H2,1-5H3,(H,19,21)/t10-,16+/m0/s1. The van der Waals surface area contributed by atoms with Crippen LogP contribution in [0.5, 0.6) is 5.75 Å². The van der Waals surface area contributed by atoms with Gasteiger partial charge < -0.3 is 14.8 Å². The van der Waals surface area contributed by atoms with Crippen LogP contribution in [-0.2, 0) is 14.3 Å². The Morgan fingerprint density at radius 1 is 1.31 bits per heavy atom. The molecule has 9 nitrogen and oxygen atoms in total. The number of hydrogen-bond donors (Lipinski definition) is 2. The average Bonchev–Trinajstić information content (AvgIpc) is 2.62. The number of ether oxygens (including phenoxy) is 2. The summed E-state index contributed by atoms with van der Waals surface area (Å²) in [6, 6.07) is 2.14. The van der Waals surface area contributed by atoms with Crippen LogP contribution >= 0.6 is 0 Å². The van der Waals surface area contributed by atoms with E-state index < -0.39 is 16.9 Å². The fourth-order valence-electron chi connectivity index (χ4n) is 2.39. The zero-order valence-corrected chi connectivity index (χ0v) is 15.6. The number of methoxy groups -OCH3 is 2. The third-order valence-corrected chi connectivity index (χ3v) is 4.15. The third kappa shape index (κ3) is 5.41. The Morgan fingerprint density at radius 3 is 2.46 bits per heavy atom. The van der Waals surface area contributed by atoms with Gasteiger partial charge in [-0.15, -0.1) is 0 Å². The predicted molar refractivity (Wildman–Crippen MR) is 96.3 cm³/mol. The summed E-state index contributed by atoms with van der Waals surface area (Å²) < 4.78 is 9.76. The van der Waals surface area contributed by atoms with Crippen LogP contribution in [0.15, 0.2) is 12.1 Å². The first-order valence-electron chi connectivity index (χ1n) is 8.19. The van der Waals surface area contributed by atoms with E-state index >= 15 is 0 Å². The number of carbonyl (C=O) groups excluding carboxylic acids is 2. The van der Waals surface area contributed by atoms with E-state index in [1.54, 1.807) is 6.92 Å². The summed E-state index contributed by atoms with van der Waals surface area (Å²) in [4.78, 5) is 34.5. The van der Waals surface area contributed by atoms with Crippen LogP contribution in [0.4, 0.5) is 11.4 Å². The fourth-order valence-corrected chi connectivity index (χ4v) is 2.39. The van der Waals surface area contributed by atoms with Crippen molar-refractivity contribution in [2.75, 3.05) is 26.1 Å². The number of aryl methyl sites for hydroxylation is 1. The fraction of sp³-hybridized carbons (Fsp3) is 0.529. The molecule has 144 valence electrons.